The van der Waals surface area contributed by atoms with Gasteiger partial charge in [0.1, 0.15) is 0 Å². The highest BCUT2D eigenvalue weighted by Crippen LogP contribution is 2.02. The van der Waals surface area contributed by atoms with Crippen LogP contribution in [0.25, 0.3) is 0 Å². The molecular formula is C9H19NO2. The summed E-state index contributed by atoms with van der Waals surface area (Å²) in [5, 5.41) is 3.09. The molecule has 12 heavy (non-hydrogen) atoms. The summed E-state index contributed by atoms with van der Waals surface area (Å²) in [6, 6.07) is 0.379. The predicted octanol–water partition coefficient (Wildman–Crippen LogP) is 1.18. The number of hydrogen-bond acceptors (Lipinski definition) is 3. The van der Waals surface area contributed by atoms with Crippen LogP contribution in [0.15, 0.2) is 0 Å². The van der Waals surface area contributed by atoms with Crippen molar-refractivity contribution in [3.63, 3.8) is 0 Å². The first kappa shape index (κ1) is 11.4. The Morgan fingerprint density at radius 3 is 2.42 bits per heavy atom. The lowest BCUT2D eigenvalue weighted by molar-refractivity contribution is -0.139. The fourth-order valence-electron chi connectivity index (χ4n) is 1.12. The highest BCUT2D eigenvalue weighted by atomic mass is 16.5. The molecule has 0 fully saturated rings. The zero-order chi connectivity index (χ0) is 9.56. The molecule has 1 N–H and O–H groups in total. The molecule has 0 radical (unpaired) electrons. The normalized spacial score (nSPS) is 13.1. The van der Waals surface area contributed by atoms with E-state index >= 15 is 0 Å². The summed E-state index contributed by atoms with van der Waals surface area (Å²) in [5.74, 6) is 0.454. The van der Waals surface area contributed by atoms with E-state index in [-0.39, 0.29) is 5.97 Å². The third-order valence-corrected chi connectivity index (χ3v) is 1.65. The standard InChI is InChI=1S/C9H19NO2/c1-7(2)5-8(3)10-6-9(11)12-4/h7-8,10H,5-6H2,1-4H3. The Bertz CT molecular complexity index is 134. The monoisotopic (exact) mass is 173 g/mol. The Morgan fingerprint density at radius 1 is 1.42 bits per heavy atom. The van der Waals surface area contributed by atoms with Gasteiger partial charge in [-0.05, 0) is 19.3 Å². The number of methoxy groups -OCH3 is 1. The van der Waals surface area contributed by atoms with Crippen LogP contribution >= 0.6 is 0 Å². The van der Waals surface area contributed by atoms with E-state index in [1.807, 2.05) is 0 Å². The van der Waals surface area contributed by atoms with E-state index in [1.165, 1.54) is 7.11 Å². The van der Waals surface area contributed by atoms with Gasteiger partial charge in [0, 0.05) is 6.04 Å². The first-order valence-corrected chi connectivity index (χ1v) is 4.36. The number of nitrogens with one attached hydrogen (secondary N) is 1. The molecule has 0 spiro atoms. The van der Waals surface area contributed by atoms with E-state index in [2.05, 4.69) is 30.8 Å². The zero-order valence-corrected chi connectivity index (χ0v) is 8.39. The average molecular weight is 173 g/mol. The largest absolute Gasteiger partial charge is 0.468 e. The van der Waals surface area contributed by atoms with Crippen molar-refractivity contribution in [3.8, 4) is 0 Å². The average Bonchev–Trinajstić information content (AvgIpc) is 1.99. The molecule has 0 amide bonds. The number of esters is 1. The topological polar surface area (TPSA) is 38.3 Å². The van der Waals surface area contributed by atoms with Crippen molar-refractivity contribution < 1.29 is 9.53 Å². The number of hydrogen-bond donors (Lipinski definition) is 1. The van der Waals surface area contributed by atoms with Crippen LogP contribution < -0.4 is 5.32 Å². The van der Waals surface area contributed by atoms with Crippen molar-refractivity contribution in [2.24, 2.45) is 5.92 Å². The van der Waals surface area contributed by atoms with Gasteiger partial charge < -0.3 is 10.1 Å². The molecule has 0 aromatic heterocycles. The van der Waals surface area contributed by atoms with Crippen LogP contribution in [0.5, 0.6) is 0 Å². The Morgan fingerprint density at radius 2 is 2.00 bits per heavy atom. The van der Waals surface area contributed by atoms with E-state index in [0.29, 0.717) is 18.5 Å². The molecule has 0 aromatic rings. The molecule has 0 saturated heterocycles. The second kappa shape index (κ2) is 6.00. The molecule has 72 valence electrons. The molecule has 0 saturated carbocycles. The quantitative estimate of drug-likeness (QED) is 0.634. The Kier molecular flexibility index (Phi) is 5.72. The first-order chi connectivity index (χ1) is 5.56. The van der Waals surface area contributed by atoms with Gasteiger partial charge >= 0.3 is 5.97 Å². The van der Waals surface area contributed by atoms with Gasteiger partial charge in [-0.25, -0.2) is 0 Å². The molecule has 3 heteroatoms. The zero-order valence-electron chi connectivity index (χ0n) is 8.39. The predicted molar refractivity (Wildman–Crippen MR) is 48.9 cm³/mol. The summed E-state index contributed by atoms with van der Waals surface area (Å²) < 4.78 is 4.50. The van der Waals surface area contributed by atoms with E-state index < -0.39 is 0 Å². The number of rotatable bonds is 5. The minimum Gasteiger partial charge on any atom is -0.468 e. The summed E-state index contributed by atoms with van der Waals surface area (Å²) in [6.45, 7) is 6.71. The fourth-order valence-corrected chi connectivity index (χ4v) is 1.12. The van der Waals surface area contributed by atoms with Gasteiger partial charge in [-0.1, -0.05) is 13.8 Å². The van der Waals surface area contributed by atoms with Crippen molar-refractivity contribution in [1.82, 2.24) is 5.32 Å². The molecule has 1 unspecified atom stereocenters. The highest BCUT2D eigenvalue weighted by molar-refractivity contribution is 5.71. The minimum absolute atomic E-state index is 0.203. The number of carbonyl (C=O) groups is 1. The summed E-state index contributed by atoms with van der Waals surface area (Å²) in [6.07, 6.45) is 1.08. The second-order valence-corrected chi connectivity index (χ2v) is 3.49. The van der Waals surface area contributed by atoms with Gasteiger partial charge in [-0.3, -0.25) is 4.79 Å². The van der Waals surface area contributed by atoms with Crippen LogP contribution in [-0.4, -0.2) is 25.7 Å². The molecule has 0 rings (SSSR count). The Labute approximate surface area is 74.5 Å². The first-order valence-electron chi connectivity index (χ1n) is 4.36. The van der Waals surface area contributed by atoms with E-state index in [1.54, 1.807) is 0 Å². The third kappa shape index (κ3) is 6.16. The number of carbonyl (C=O) groups excluding carboxylic acids is 1. The molecule has 0 aliphatic carbocycles. The SMILES string of the molecule is COC(=O)CNC(C)CC(C)C. The maximum atomic E-state index is 10.7. The molecule has 0 aromatic carbocycles. The molecule has 0 heterocycles. The maximum absolute atomic E-state index is 10.7. The van der Waals surface area contributed by atoms with Crippen molar-refractivity contribution >= 4 is 5.97 Å². The smallest absolute Gasteiger partial charge is 0.319 e. The molecule has 0 aliphatic rings. The van der Waals surface area contributed by atoms with Gasteiger partial charge in [0.25, 0.3) is 0 Å². The van der Waals surface area contributed by atoms with Crippen LogP contribution in [0.2, 0.25) is 0 Å². The lowest BCUT2D eigenvalue weighted by Gasteiger charge is -2.14. The number of ether oxygens (including phenoxy) is 1. The second-order valence-electron chi connectivity index (χ2n) is 3.49. The minimum atomic E-state index is -0.203. The molecule has 1 atom stereocenters. The van der Waals surface area contributed by atoms with Gasteiger partial charge in [0.05, 0.1) is 13.7 Å². The lowest BCUT2D eigenvalue weighted by Crippen LogP contribution is -2.32. The van der Waals surface area contributed by atoms with Crippen molar-refractivity contribution in [2.75, 3.05) is 13.7 Å². The highest BCUT2D eigenvalue weighted by Gasteiger charge is 2.06. The van der Waals surface area contributed by atoms with Crippen LogP contribution in [0, 0.1) is 5.92 Å². The van der Waals surface area contributed by atoms with E-state index in [9.17, 15) is 4.79 Å². The molecule has 0 aliphatic heterocycles. The fraction of sp³-hybridized carbons (Fsp3) is 0.889. The van der Waals surface area contributed by atoms with Gasteiger partial charge in [0.15, 0.2) is 0 Å². The molecular weight excluding hydrogens is 154 g/mol. The van der Waals surface area contributed by atoms with Crippen LogP contribution in [0.1, 0.15) is 27.2 Å². The summed E-state index contributed by atoms with van der Waals surface area (Å²) >= 11 is 0. The Hall–Kier alpha value is -0.570. The van der Waals surface area contributed by atoms with Crippen molar-refractivity contribution in [3.05, 3.63) is 0 Å². The summed E-state index contributed by atoms with van der Waals surface area (Å²) in [4.78, 5) is 10.7. The summed E-state index contributed by atoms with van der Waals surface area (Å²) in [5.41, 5.74) is 0. The third-order valence-electron chi connectivity index (χ3n) is 1.65. The summed E-state index contributed by atoms with van der Waals surface area (Å²) in [7, 11) is 1.40. The maximum Gasteiger partial charge on any atom is 0.319 e. The van der Waals surface area contributed by atoms with Crippen molar-refractivity contribution in [2.45, 2.75) is 33.2 Å². The lowest BCUT2D eigenvalue weighted by atomic mass is 10.1. The molecule has 3 nitrogen and oxygen atoms in total. The van der Waals surface area contributed by atoms with E-state index in [4.69, 9.17) is 0 Å². The Balaban J connectivity index is 3.43. The van der Waals surface area contributed by atoms with Crippen LogP contribution in [0.3, 0.4) is 0 Å². The van der Waals surface area contributed by atoms with Crippen LogP contribution in [-0.2, 0) is 9.53 Å². The van der Waals surface area contributed by atoms with Crippen molar-refractivity contribution in [1.29, 1.82) is 0 Å². The van der Waals surface area contributed by atoms with E-state index in [0.717, 1.165) is 6.42 Å². The van der Waals surface area contributed by atoms with Crippen LogP contribution in [0.4, 0.5) is 0 Å². The molecule has 0 bridgehead atoms. The van der Waals surface area contributed by atoms with Gasteiger partial charge in [-0.15, -0.1) is 0 Å². The van der Waals surface area contributed by atoms with Gasteiger partial charge in [0.2, 0.25) is 0 Å². The van der Waals surface area contributed by atoms with Gasteiger partial charge in [-0.2, -0.15) is 0 Å².